The summed E-state index contributed by atoms with van der Waals surface area (Å²) >= 11 is 3.28. The molecule has 0 amide bonds. The largest absolute Gasteiger partial charge is 0.493 e. The van der Waals surface area contributed by atoms with Gasteiger partial charge in [-0.3, -0.25) is 0 Å². The van der Waals surface area contributed by atoms with Crippen LogP contribution in [0, 0.1) is 0 Å². The Morgan fingerprint density at radius 2 is 0.762 bits per heavy atom. The first-order valence-corrected chi connectivity index (χ1v) is 23.1. The van der Waals surface area contributed by atoms with Crippen LogP contribution in [0.1, 0.15) is 20.3 Å². The molecule has 0 fully saturated rings. The third-order valence-electron chi connectivity index (χ3n) is 11.1. The van der Waals surface area contributed by atoms with Crippen molar-refractivity contribution in [2.24, 2.45) is 0 Å². The van der Waals surface area contributed by atoms with Crippen LogP contribution >= 0.6 is 22.7 Å². The predicted octanol–water partition coefficient (Wildman–Crippen LogP) is 13.9. The van der Waals surface area contributed by atoms with Gasteiger partial charge in [0.25, 0.3) is 0 Å². The van der Waals surface area contributed by atoms with Crippen LogP contribution in [0.2, 0.25) is 0 Å². The summed E-state index contributed by atoms with van der Waals surface area (Å²) in [4.78, 5) is 1.96. The molecule has 8 nitrogen and oxygen atoms in total. The molecule has 10 heteroatoms. The Hall–Kier alpha value is -6.56. The molecule has 63 heavy (non-hydrogen) atoms. The van der Waals surface area contributed by atoms with Gasteiger partial charge in [0.15, 0.2) is 25.1 Å². The topological polar surface area (TPSA) is 65.2 Å². The summed E-state index contributed by atoms with van der Waals surface area (Å²) in [5.74, 6) is 3.08. The fourth-order valence-corrected chi connectivity index (χ4v) is 10.4. The number of fused-ring (bicyclic) bond motifs is 6. The maximum atomic E-state index is 6.55. The van der Waals surface area contributed by atoms with E-state index < -0.39 is 0 Å². The number of hydrogen-bond donors (Lipinski definition) is 0. The molecule has 0 radical (unpaired) electrons. The summed E-state index contributed by atoms with van der Waals surface area (Å²) in [6.45, 7) is 6.24. The molecule has 4 aromatic heterocycles. The lowest BCUT2D eigenvalue weighted by molar-refractivity contribution is 0.0228. The van der Waals surface area contributed by atoms with Crippen molar-refractivity contribution in [2.75, 3.05) is 40.0 Å². The molecule has 0 aliphatic heterocycles. The Morgan fingerprint density at radius 1 is 0.413 bits per heavy atom. The average molecular weight is 871 g/mol. The summed E-state index contributed by atoms with van der Waals surface area (Å²) in [5.41, 5.74) is 8.33. The Labute approximate surface area is 374 Å². The van der Waals surface area contributed by atoms with Gasteiger partial charge < -0.3 is 37.6 Å². The second-order valence-corrected chi connectivity index (χ2v) is 16.6. The van der Waals surface area contributed by atoms with Crippen LogP contribution in [0.25, 0.3) is 75.9 Å². The average Bonchev–Trinajstić information content (AvgIpc) is 4.10. The SMILES string of the molecule is CCOCOc1c(-n2c3ccccc3c3ccccc32)csc1-c1ccccc1OCCCOc1ccccc1-c1scc(-n2c3ccccc3c3ccccc32)c1OCOCC. The smallest absolute Gasteiger partial charge is 0.189 e. The second-order valence-electron chi connectivity index (χ2n) is 14.9. The van der Waals surface area contributed by atoms with E-state index in [9.17, 15) is 0 Å². The molecule has 4 heterocycles. The molecule has 10 aromatic rings. The molecule has 0 spiro atoms. The second kappa shape index (κ2) is 18.4. The van der Waals surface area contributed by atoms with E-state index in [-0.39, 0.29) is 13.6 Å². The highest BCUT2D eigenvalue weighted by Gasteiger charge is 2.25. The van der Waals surface area contributed by atoms with Gasteiger partial charge >= 0.3 is 0 Å². The maximum Gasteiger partial charge on any atom is 0.189 e. The minimum Gasteiger partial charge on any atom is -0.493 e. The molecular weight excluding hydrogens is 825 g/mol. The number of aromatic nitrogens is 2. The monoisotopic (exact) mass is 870 g/mol. The van der Waals surface area contributed by atoms with Gasteiger partial charge in [-0.2, -0.15) is 0 Å². The van der Waals surface area contributed by atoms with Crippen molar-refractivity contribution in [1.82, 2.24) is 9.13 Å². The van der Waals surface area contributed by atoms with E-state index in [0.29, 0.717) is 32.8 Å². The van der Waals surface area contributed by atoms with Gasteiger partial charge in [-0.15, -0.1) is 22.7 Å². The molecule has 0 unspecified atom stereocenters. The first-order chi connectivity index (χ1) is 31.2. The first kappa shape index (κ1) is 40.5. The van der Waals surface area contributed by atoms with E-state index >= 15 is 0 Å². The lowest BCUT2D eigenvalue weighted by Crippen LogP contribution is -2.07. The van der Waals surface area contributed by atoms with Crippen LogP contribution in [0.5, 0.6) is 23.0 Å². The summed E-state index contributed by atoms with van der Waals surface area (Å²) in [7, 11) is 0. The van der Waals surface area contributed by atoms with Crippen molar-refractivity contribution in [1.29, 1.82) is 0 Å². The predicted molar refractivity (Wildman–Crippen MR) is 258 cm³/mol. The van der Waals surface area contributed by atoms with Crippen LogP contribution < -0.4 is 18.9 Å². The van der Waals surface area contributed by atoms with E-state index in [4.69, 9.17) is 28.4 Å². The standard InChI is InChI=1S/C53H46N2O6S2/c1-3-56-34-60-50-46(54-42-24-11-5-18-36(42)37-19-6-12-25-43(37)54)32-62-52(50)40-22-9-15-28-48(40)58-30-17-31-59-49-29-16-10-23-41(49)53-51(61-35-57-4-2)47(33-63-53)55-44-26-13-7-20-38(44)39-21-8-14-27-45(39)55/h5-16,18-29,32-33H,3-4,17,30-31,34-35H2,1-2H3. The van der Waals surface area contributed by atoms with Crippen LogP contribution in [0.4, 0.5) is 0 Å². The molecule has 0 saturated carbocycles. The molecular formula is C53H46N2O6S2. The number of thiophene rings is 2. The first-order valence-electron chi connectivity index (χ1n) is 21.3. The van der Waals surface area contributed by atoms with Crippen molar-refractivity contribution in [3.8, 4) is 55.3 Å². The molecule has 0 aliphatic carbocycles. The summed E-state index contributed by atoms with van der Waals surface area (Å²) in [6.07, 6.45) is 0.665. The minimum atomic E-state index is 0.138. The molecule has 0 N–H and O–H groups in total. The van der Waals surface area contributed by atoms with E-state index in [1.807, 2.05) is 50.2 Å². The van der Waals surface area contributed by atoms with Gasteiger partial charge in [0.1, 0.15) is 22.9 Å². The van der Waals surface area contributed by atoms with Gasteiger partial charge in [-0.25, -0.2) is 0 Å². The zero-order chi connectivity index (χ0) is 42.5. The zero-order valence-electron chi connectivity index (χ0n) is 35.1. The highest BCUT2D eigenvalue weighted by molar-refractivity contribution is 7.14. The van der Waals surface area contributed by atoms with Gasteiger partial charge in [0, 0.05) is 63.1 Å². The Kier molecular flexibility index (Phi) is 11.8. The van der Waals surface area contributed by atoms with Crippen LogP contribution in [-0.4, -0.2) is 49.1 Å². The Balaban J connectivity index is 0.901. The van der Waals surface area contributed by atoms with Crippen molar-refractivity contribution < 1.29 is 28.4 Å². The van der Waals surface area contributed by atoms with Crippen molar-refractivity contribution in [2.45, 2.75) is 20.3 Å². The number of nitrogens with zero attached hydrogens (tertiary/aromatic N) is 2. The van der Waals surface area contributed by atoms with Gasteiger partial charge in [0.2, 0.25) is 0 Å². The van der Waals surface area contributed by atoms with E-state index in [1.165, 1.54) is 21.5 Å². The van der Waals surface area contributed by atoms with Gasteiger partial charge in [0.05, 0.1) is 45.0 Å². The number of rotatable bonds is 18. The quantitative estimate of drug-likeness (QED) is 0.0632. The van der Waals surface area contributed by atoms with E-state index in [0.717, 1.165) is 77.3 Å². The fraction of sp³-hybridized carbons (Fsp3) is 0.170. The fourth-order valence-electron chi connectivity index (χ4n) is 8.35. The highest BCUT2D eigenvalue weighted by Crippen LogP contribution is 2.49. The third kappa shape index (κ3) is 7.70. The number of benzene rings is 6. The lowest BCUT2D eigenvalue weighted by Gasteiger charge is -2.16. The van der Waals surface area contributed by atoms with E-state index in [2.05, 4.69) is 129 Å². The third-order valence-corrected chi connectivity index (χ3v) is 13.1. The zero-order valence-corrected chi connectivity index (χ0v) is 36.8. The number of ether oxygens (including phenoxy) is 6. The molecule has 0 saturated heterocycles. The molecule has 316 valence electrons. The molecule has 6 aromatic carbocycles. The molecule has 0 atom stereocenters. The van der Waals surface area contributed by atoms with E-state index in [1.54, 1.807) is 22.7 Å². The van der Waals surface area contributed by atoms with Gasteiger partial charge in [-0.1, -0.05) is 97.1 Å². The Morgan fingerprint density at radius 3 is 1.14 bits per heavy atom. The van der Waals surface area contributed by atoms with Crippen LogP contribution in [-0.2, 0) is 9.47 Å². The summed E-state index contributed by atoms with van der Waals surface area (Å²) in [5, 5.41) is 9.12. The number of hydrogen-bond acceptors (Lipinski definition) is 8. The maximum absolute atomic E-state index is 6.55. The van der Waals surface area contributed by atoms with Crippen molar-refractivity contribution in [3.05, 3.63) is 156 Å². The normalized spacial score (nSPS) is 11.6. The molecule has 0 bridgehead atoms. The van der Waals surface area contributed by atoms with Crippen LogP contribution in [0.15, 0.2) is 156 Å². The lowest BCUT2D eigenvalue weighted by atomic mass is 10.1. The van der Waals surface area contributed by atoms with Crippen molar-refractivity contribution in [3.63, 3.8) is 0 Å². The van der Waals surface area contributed by atoms with Crippen LogP contribution in [0.3, 0.4) is 0 Å². The summed E-state index contributed by atoms with van der Waals surface area (Å²) in [6, 6.07) is 50.4. The van der Waals surface area contributed by atoms with Gasteiger partial charge in [-0.05, 0) is 62.4 Å². The van der Waals surface area contributed by atoms with Crippen molar-refractivity contribution >= 4 is 66.3 Å². The molecule has 10 rings (SSSR count). The summed E-state index contributed by atoms with van der Waals surface area (Å²) < 4.78 is 42.1. The Bertz CT molecular complexity index is 2860. The number of para-hydroxylation sites is 6. The minimum absolute atomic E-state index is 0.138. The molecule has 0 aliphatic rings. The highest BCUT2D eigenvalue weighted by atomic mass is 32.1.